The maximum Gasteiger partial charge on any atom is 0.164 e. The Bertz CT molecular complexity index is 2850. The van der Waals surface area contributed by atoms with E-state index in [4.69, 9.17) is 23.8 Å². The van der Waals surface area contributed by atoms with Crippen LogP contribution >= 0.6 is 0 Å². The number of nitrogens with zero attached hydrogens (tertiary/aromatic N) is 3. The lowest BCUT2D eigenvalue weighted by Gasteiger charge is -2.11. The SMILES string of the molecule is c1ccc(-c2ccc(-c3cc(-c4nc(-c5ccccc5)nc(-c5ccc6oc7ccccc7c6c5)n4)c4c(c3)oc3ccccc34)cc2)cc1. The predicted octanol–water partition coefficient (Wildman–Crippen LogP) is 12.0. The minimum Gasteiger partial charge on any atom is -0.456 e. The smallest absolute Gasteiger partial charge is 0.164 e. The van der Waals surface area contributed by atoms with Gasteiger partial charge < -0.3 is 8.83 Å². The Hall–Kier alpha value is -6.85. The number of fused-ring (bicyclic) bond motifs is 6. The molecule has 7 aromatic carbocycles. The molecular weight excluding hydrogens is 615 g/mol. The summed E-state index contributed by atoms with van der Waals surface area (Å²) in [6.07, 6.45) is 0. The predicted molar refractivity (Wildman–Crippen MR) is 202 cm³/mol. The van der Waals surface area contributed by atoms with Crippen LogP contribution in [-0.4, -0.2) is 15.0 Å². The Morgan fingerprint density at radius 3 is 1.54 bits per heavy atom. The summed E-state index contributed by atoms with van der Waals surface area (Å²) >= 11 is 0. The Balaban J connectivity index is 1.20. The van der Waals surface area contributed by atoms with Crippen LogP contribution in [0.3, 0.4) is 0 Å². The highest BCUT2D eigenvalue weighted by Gasteiger charge is 2.20. The quantitative estimate of drug-likeness (QED) is 0.187. The molecule has 0 aliphatic rings. The lowest BCUT2D eigenvalue weighted by Crippen LogP contribution is -2.00. The summed E-state index contributed by atoms with van der Waals surface area (Å²) in [5.74, 6) is 1.76. The molecule has 0 amide bonds. The molecule has 10 rings (SSSR count). The molecule has 10 aromatic rings. The second-order valence-electron chi connectivity index (χ2n) is 12.4. The molecule has 0 N–H and O–H groups in total. The normalized spacial score (nSPS) is 11.6. The van der Waals surface area contributed by atoms with Gasteiger partial charge in [-0.15, -0.1) is 0 Å². The van der Waals surface area contributed by atoms with Gasteiger partial charge in [0.1, 0.15) is 22.3 Å². The van der Waals surface area contributed by atoms with Gasteiger partial charge in [0.05, 0.1) is 0 Å². The molecule has 5 heteroatoms. The Labute approximate surface area is 287 Å². The lowest BCUT2D eigenvalue weighted by molar-refractivity contribution is 0.668. The molecule has 234 valence electrons. The van der Waals surface area contributed by atoms with Crippen LogP contribution in [0.25, 0.3) is 100 Å². The Morgan fingerprint density at radius 1 is 0.300 bits per heavy atom. The van der Waals surface area contributed by atoms with E-state index < -0.39 is 0 Å². The number of aromatic nitrogens is 3. The van der Waals surface area contributed by atoms with Crippen molar-refractivity contribution in [2.24, 2.45) is 0 Å². The zero-order valence-corrected chi connectivity index (χ0v) is 26.7. The minimum atomic E-state index is 0.574. The average Bonchev–Trinajstić information content (AvgIpc) is 3.76. The summed E-state index contributed by atoms with van der Waals surface area (Å²) in [5.41, 5.74) is 10.4. The van der Waals surface area contributed by atoms with Gasteiger partial charge in [0.25, 0.3) is 0 Å². The van der Waals surface area contributed by atoms with Crippen molar-refractivity contribution >= 4 is 43.9 Å². The van der Waals surface area contributed by atoms with Crippen molar-refractivity contribution in [1.29, 1.82) is 0 Å². The number of para-hydroxylation sites is 2. The summed E-state index contributed by atoms with van der Waals surface area (Å²) in [4.78, 5) is 15.4. The largest absolute Gasteiger partial charge is 0.456 e. The van der Waals surface area contributed by atoms with Gasteiger partial charge in [-0.05, 0) is 64.7 Å². The zero-order valence-electron chi connectivity index (χ0n) is 26.7. The minimum absolute atomic E-state index is 0.574. The van der Waals surface area contributed by atoms with Crippen molar-refractivity contribution < 1.29 is 8.83 Å². The van der Waals surface area contributed by atoms with E-state index in [0.717, 1.165) is 77.3 Å². The molecule has 3 heterocycles. The van der Waals surface area contributed by atoms with E-state index in [9.17, 15) is 0 Å². The molecule has 0 spiro atoms. The lowest BCUT2D eigenvalue weighted by atomic mass is 9.96. The highest BCUT2D eigenvalue weighted by atomic mass is 16.3. The Kier molecular flexibility index (Phi) is 6.42. The summed E-state index contributed by atoms with van der Waals surface area (Å²) in [5, 5.41) is 4.06. The summed E-state index contributed by atoms with van der Waals surface area (Å²) < 4.78 is 12.6. The summed E-state index contributed by atoms with van der Waals surface area (Å²) in [6.45, 7) is 0. The van der Waals surface area contributed by atoms with Gasteiger partial charge in [0.2, 0.25) is 0 Å². The van der Waals surface area contributed by atoms with Crippen LogP contribution in [0.4, 0.5) is 0 Å². The first-order valence-electron chi connectivity index (χ1n) is 16.6. The van der Waals surface area contributed by atoms with Crippen molar-refractivity contribution in [3.63, 3.8) is 0 Å². The van der Waals surface area contributed by atoms with Crippen molar-refractivity contribution in [2.75, 3.05) is 0 Å². The second kappa shape index (κ2) is 11.4. The van der Waals surface area contributed by atoms with E-state index in [1.807, 2.05) is 84.9 Å². The van der Waals surface area contributed by atoms with E-state index >= 15 is 0 Å². The van der Waals surface area contributed by atoms with Gasteiger partial charge in [0.15, 0.2) is 17.5 Å². The molecule has 5 nitrogen and oxygen atoms in total. The maximum atomic E-state index is 6.50. The third kappa shape index (κ3) is 4.75. The molecule has 0 aliphatic carbocycles. The average molecular weight is 642 g/mol. The zero-order chi connectivity index (χ0) is 33.0. The molecule has 0 bridgehead atoms. The maximum absolute atomic E-state index is 6.50. The fourth-order valence-electron chi connectivity index (χ4n) is 6.89. The van der Waals surface area contributed by atoms with E-state index in [1.165, 1.54) is 5.56 Å². The highest BCUT2D eigenvalue weighted by Crippen LogP contribution is 2.40. The van der Waals surface area contributed by atoms with Crippen LogP contribution in [-0.2, 0) is 0 Å². The molecule has 3 aromatic heterocycles. The van der Waals surface area contributed by atoms with E-state index in [1.54, 1.807) is 0 Å². The van der Waals surface area contributed by atoms with Crippen LogP contribution in [0.5, 0.6) is 0 Å². The second-order valence-corrected chi connectivity index (χ2v) is 12.4. The Morgan fingerprint density at radius 2 is 0.800 bits per heavy atom. The van der Waals surface area contributed by atoms with Gasteiger partial charge >= 0.3 is 0 Å². The summed E-state index contributed by atoms with van der Waals surface area (Å²) in [6, 6.07) is 55.8. The van der Waals surface area contributed by atoms with Crippen molar-refractivity contribution in [3.8, 4) is 56.4 Å². The molecule has 0 fully saturated rings. The molecule has 0 unspecified atom stereocenters. The van der Waals surface area contributed by atoms with Crippen molar-refractivity contribution in [1.82, 2.24) is 15.0 Å². The topological polar surface area (TPSA) is 65.0 Å². The third-order valence-electron chi connectivity index (χ3n) is 9.35. The van der Waals surface area contributed by atoms with Crippen molar-refractivity contribution in [2.45, 2.75) is 0 Å². The molecule has 0 radical (unpaired) electrons. The third-order valence-corrected chi connectivity index (χ3v) is 9.35. The number of rotatable bonds is 5. The molecule has 0 aliphatic heterocycles. The van der Waals surface area contributed by atoms with Crippen LogP contribution < -0.4 is 0 Å². The number of furan rings is 2. The fraction of sp³-hybridized carbons (Fsp3) is 0. The summed E-state index contributed by atoms with van der Waals surface area (Å²) in [7, 11) is 0. The van der Waals surface area contributed by atoms with Gasteiger partial charge in [-0.3, -0.25) is 0 Å². The number of hydrogen-bond acceptors (Lipinski definition) is 5. The highest BCUT2D eigenvalue weighted by molar-refractivity contribution is 6.13. The van der Waals surface area contributed by atoms with Crippen LogP contribution in [0.1, 0.15) is 0 Å². The number of hydrogen-bond donors (Lipinski definition) is 0. The standard InChI is InChI=1S/C45H27N3O2/c1-3-11-28(12-4-1)29-19-21-30(22-20-29)33-26-37(42-35-16-8-10-18-39(35)50-41(42)27-33)45-47-43(31-13-5-2-6-14-31)46-44(48-45)32-23-24-40-36(25-32)34-15-7-9-17-38(34)49-40/h1-27H. The van der Waals surface area contributed by atoms with Gasteiger partial charge in [0, 0.05) is 38.2 Å². The number of benzene rings is 7. The molecule has 0 saturated heterocycles. The van der Waals surface area contributed by atoms with Gasteiger partial charge in [-0.2, -0.15) is 0 Å². The van der Waals surface area contributed by atoms with Crippen molar-refractivity contribution in [3.05, 3.63) is 164 Å². The van der Waals surface area contributed by atoms with E-state index in [0.29, 0.717) is 17.5 Å². The van der Waals surface area contributed by atoms with E-state index in [2.05, 4.69) is 78.9 Å². The first-order valence-corrected chi connectivity index (χ1v) is 16.6. The fourth-order valence-corrected chi connectivity index (χ4v) is 6.89. The molecule has 0 atom stereocenters. The molecule has 0 saturated carbocycles. The van der Waals surface area contributed by atoms with Crippen LogP contribution in [0.15, 0.2) is 173 Å². The monoisotopic (exact) mass is 641 g/mol. The van der Waals surface area contributed by atoms with Crippen LogP contribution in [0.2, 0.25) is 0 Å². The first kappa shape index (κ1) is 28.2. The molecule has 50 heavy (non-hydrogen) atoms. The van der Waals surface area contributed by atoms with Gasteiger partial charge in [-0.25, -0.2) is 15.0 Å². The first-order chi connectivity index (χ1) is 24.7. The van der Waals surface area contributed by atoms with Crippen LogP contribution in [0, 0.1) is 0 Å². The van der Waals surface area contributed by atoms with E-state index in [-0.39, 0.29) is 0 Å². The molecular formula is C45H27N3O2. The van der Waals surface area contributed by atoms with Gasteiger partial charge in [-0.1, -0.05) is 121 Å².